The molecule has 144 valence electrons. The first-order valence-corrected chi connectivity index (χ1v) is 9.01. The van der Waals surface area contributed by atoms with Crippen LogP contribution in [0, 0.1) is 12.7 Å². The second-order valence-electron chi connectivity index (χ2n) is 7.60. The van der Waals surface area contributed by atoms with Crippen molar-refractivity contribution in [2.75, 3.05) is 10.6 Å². The van der Waals surface area contributed by atoms with Gasteiger partial charge in [-0.1, -0.05) is 39.0 Å². The lowest BCUT2D eigenvalue weighted by Gasteiger charge is -2.23. The number of rotatable bonds is 4. The van der Waals surface area contributed by atoms with E-state index in [2.05, 4.69) is 41.4 Å². The normalized spacial score (nSPS) is 11.2. The second kappa shape index (κ2) is 7.76. The zero-order chi connectivity index (χ0) is 20.3. The van der Waals surface area contributed by atoms with Crippen molar-refractivity contribution < 1.29 is 9.18 Å². The molecule has 5 nitrogen and oxygen atoms in total. The first kappa shape index (κ1) is 19.5. The molecule has 0 aliphatic heterocycles. The standard InChI is InChI=1S/C22H23FN4O/c1-14-13-19(27-21(24-14)25-16-11-9-15(23)10-12-16)20(28)26-18-8-6-5-7-17(18)22(2,3)4/h5-13H,1-4H3,(H,26,28)(H,24,25,27). The lowest BCUT2D eigenvalue weighted by atomic mass is 9.86. The molecule has 0 radical (unpaired) electrons. The molecule has 0 saturated carbocycles. The number of hydrogen-bond acceptors (Lipinski definition) is 4. The van der Waals surface area contributed by atoms with Crippen LogP contribution < -0.4 is 10.6 Å². The van der Waals surface area contributed by atoms with Crippen molar-refractivity contribution in [3.63, 3.8) is 0 Å². The molecule has 2 aromatic carbocycles. The molecule has 0 saturated heterocycles. The van der Waals surface area contributed by atoms with E-state index in [1.165, 1.54) is 12.1 Å². The molecule has 0 fully saturated rings. The summed E-state index contributed by atoms with van der Waals surface area (Å²) in [5.41, 5.74) is 3.22. The molecule has 0 bridgehead atoms. The van der Waals surface area contributed by atoms with Crippen LogP contribution in [0.4, 0.5) is 21.7 Å². The average Bonchev–Trinajstić information content (AvgIpc) is 2.63. The summed E-state index contributed by atoms with van der Waals surface area (Å²) in [4.78, 5) is 21.4. The van der Waals surface area contributed by atoms with E-state index >= 15 is 0 Å². The van der Waals surface area contributed by atoms with Gasteiger partial charge >= 0.3 is 0 Å². The number of hydrogen-bond donors (Lipinski definition) is 2. The quantitative estimate of drug-likeness (QED) is 0.653. The molecular weight excluding hydrogens is 355 g/mol. The van der Waals surface area contributed by atoms with Crippen LogP contribution in [-0.2, 0) is 5.41 Å². The van der Waals surface area contributed by atoms with Gasteiger partial charge in [0.2, 0.25) is 5.95 Å². The topological polar surface area (TPSA) is 66.9 Å². The van der Waals surface area contributed by atoms with Crippen LogP contribution in [0.3, 0.4) is 0 Å². The summed E-state index contributed by atoms with van der Waals surface area (Å²) in [7, 11) is 0. The molecule has 1 aromatic heterocycles. The van der Waals surface area contributed by atoms with Gasteiger partial charge in [-0.25, -0.2) is 14.4 Å². The van der Waals surface area contributed by atoms with E-state index < -0.39 is 0 Å². The van der Waals surface area contributed by atoms with Crippen molar-refractivity contribution in [2.24, 2.45) is 0 Å². The number of carbonyl (C=O) groups excluding carboxylic acids is 1. The largest absolute Gasteiger partial charge is 0.324 e. The first-order chi connectivity index (χ1) is 13.2. The summed E-state index contributed by atoms with van der Waals surface area (Å²) in [5, 5.41) is 5.95. The Labute approximate surface area is 164 Å². The summed E-state index contributed by atoms with van der Waals surface area (Å²) >= 11 is 0. The smallest absolute Gasteiger partial charge is 0.274 e. The van der Waals surface area contributed by atoms with Gasteiger partial charge in [-0.15, -0.1) is 0 Å². The van der Waals surface area contributed by atoms with E-state index in [9.17, 15) is 9.18 Å². The van der Waals surface area contributed by atoms with E-state index in [1.807, 2.05) is 24.3 Å². The third kappa shape index (κ3) is 4.71. The number of aryl methyl sites for hydroxylation is 1. The third-order valence-electron chi connectivity index (χ3n) is 4.17. The number of para-hydroxylation sites is 1. The summed E-state index contributed by atoms with van der Waals surface area (Å²) in [6.07, 6.45) is 0. The maximum atomic E-state index is 13.1. The van der Waals surface area contributed by atoms with Gasteiger partial charge in [-0.05, 0) is 54.3 Å². The van der Waals surface area contributed by atoms with Crippen LogP contribution in [0.5, 0.6) is 0 Å². The Hall–Kier alpha value is -3.28. The highest BCUT2D eigenvalue weighted by atomic mass is 19.1. The predicted octanol–water partition coefficient (Wildman–Crippen LogP) is 5.22. The Balaban J connectivity index is 1.85. The van der Waals surface area contributed by atoms with E-state index in [0.29, 0.717) is 11.4 Å². The van der Waals surface area contributed by atoms with Crippen LogP contribution in [0.2, 0.25) is 0 Å². The molecule has 0 aliphatic carbocycles. The Kier molecular flexibility index (Phi) is 5.40. The van der Waals surface area contributed by atoms with E-state index in [-0.39, 0.29) is 28.8 Å². The number of carbonyl (C=O) groups is 1. The number of nitrogens with one attached hydrogen (secondary N) is 2. The van der Waals surface area contributed by atoms with Crippen LogP contribution in [0.15, 0.2) is 54.6 Å². The van der Waals surface area contributed by atoms with Gasteiger partial charge in [0.05, 0.1) is 0 Å². The van der Waals surface area contributed by atoms with Crippen LogP contribution in [0.25, 0.3) is 0 Å². The van der Waals surface area contributed by atoms with Crippen molar-refractivity contribution in [3.8, 4) is 0 Å². The fourth-order valence-electron chi connectivity index (χ4n) is 2.84. The molecule has 2 N–H and O–H groups in total. The number of amides is 1. The van der Waals surface area contributed by atoms with Gasteiger partial charge in [0.25, 0.3) is 5.91 Å². The molecule has 0 spiro atoms. The maximum absolute atomic E-state index is 13.1. The van der Waals surface area contributed by atoms with Crippen molar-refractivity contribution in [1.29, 1.82) is 0 Å². The lowest BCUT2D eigenvalue weighted by Crippen LogP contribution is -2.20. The van der Waals surface area contributed by atoms with Crippen LogP contribution in [-0.4, -0.2) is 15.9 Å². The van der Waals surface area contributed by atoms with E-state index in [0.717, 1.165) is 11.3 Å². The fraction of sp³-hybridized carbons (Fsp3) is 0.227. The van der Waals surface area contributed by atoms with Crippen molar-refractivity contribution >= 4 is 23.2 Å². The SMILES string of the molecule is Cc1cc(C(=O)Nc2ccccc2C(C)(C)C)nc(Nc2ccc(F)cc2)n1. The molecular formula is C22H23FN4O. The Bertz CT molecular complexity index is 994. The van der Waals surface area contributed by atoms with E-state index in [4.69, 9.17) is 0 Å². The van der Waals surface area contributed by atoms with Crippen molar-refractivity contribution in [3.05, 3.63) is 77.4 Å². The van der Waals surface area contributed by atoms with Gasteiger partial charge < -0.3 is 10.6 Å². The van der Waals surface area contributed by atoms with Gasteiger partial charge in [0, 0.05) is 17.1 Å². The molecule has 1 amide bonds. The number of anilines is 3. The Morgan fingerprint density at radius 3 is 2.36 bits per heavy atom. The van der Waals surface area contributed by atoms with Crippen molar-refractivity contribution in [1.82, 2.24) is 9.97 Å². The monoisotopic (exact) mass is 378 g/mol. The first-order valence-electron chi connectivity index (χ1n) is 9.01. The summed E-state index contributed by atoms with van der Waals surface area (Å²) in [6, 6.07) is 15.2. The maximum Gasteiger partial charge on any atom is 0.274 e. The van der Waals surface area contributed by atoms with Gasteiger partial charge in [-0.2, -0.15) is 0 Å². The third-order valence-corrected chi connectivity index (χ3v) is 4.17. The molecule has 1 heterocycles. The lowest BCUT2D eigenvalue weighted by molar-refractivity contribution is 0.102. The highest BCUT2D eigenvalue weighted by molar-refractivity contribution is 6.03. The average molecular weight is 378 g/mol. The zero-order valence-electron chi connectivity index (χ0n) is 16.4. The highest BCUT2D eigenvalue weighted by Crippen LogP contribution is 2.29. The number of halogens is 1. The molecule has 0 aliphatic rings. The zero-order valence-corrected chi connectivity index (χ0v) is 16.4. The summed E-state index contributed by atoms with van der Waals surface area (Å²) in [6.45, 7) is 8.07. The minimum Gasteiger partial charge on any atom is -0.324 e. The number of aromatic nitrogens is 2. The molecule has 28 heavy (non-hydrogen) atoms. The van der Waals surface area contributed by atoms with Crippen LogP contribution >= 0.6 is 0 Å². The molecule has 0 unspecified atom stereocenters. The minimum absolute atomic E-state index is 0.110. The van der Waals surface area contributed by atoms with E-state index in [1.54, 1.807) is 25.1 Å². The summed E-state index contributed by atoms with van der Waals surface area (Å²) in [5.74, 6) is -0.362. The fourth-order valence-corrected chi connectivity index (χ4v) is 2.84. The van der Waals surface area contributed by atoms with Crippen molar-refractivity contribution in [2.45, 2.75) is 33.1 Å². The second-order valence-corrected chi connectivity index (χ2v) is 7.60. The van der Waals surface area contributed by atoms with Crippen LogP contribution in [0.1, 0.15) is 42.5 Å². The Morgan fingerprint density at radius 2 is 1.68 bits per heavy atom. The van der Waals surface area contributed by atoms with Gasteiger partial charge in [0.1, 0.15) is 11.5 Å². The molecule has 0 atom stereocenters. The predicted molar refractivity (Wildman–Crippen MR) is 110 cm³/mol. The molecule has 3 rings (SSSR count). The highest BCUT2D eigenvalue weighted by Gasteiger charge is 2.19. The number of benzene rings is 2. The van der Waals surface area contributed by atoms with Gasteiger partial charge in [0.15, 0.2) is 0 Å². The summed E-state index contributed by atoms with van der Waals surface area (Å²) < 4.78 is 13.1. The number of nitrogens with zero attached hydrogens (tertiary/aromatic N) is 2. The minimum atomic E-state index is -0.326. The molecule has 6 heteroatoms. The van der Waals surface area contributed by atoms with Gasteiger partial charge in [-0.3, -0.25) is 4.79 Å². The molecule has 3 aromatic rings. The Morgan fingerprint density at radius 1 is 1.00 bits per heavy atom.